The summed E-state index contributed by atoms with van der Waals surface area (Å²) in [4.78, 5) is 19.2. The maximum absolute atomic E-state index is 12.0. The molecule has 0 saturated heterocycles. The molecule has 19 heavy (non-hydrogen) atoms. The fraction of sp³-hybridized carbons (Fsp3) is 0.429. The number of hydrogen-bond acceptors (Lipinski definition) is 2. The van der Waals surface area contributed by atoms with Crippen molar-refractivity contribution in [1.82, 2.24) is 15.3 Å². The van der Waals surface area contributed by atoms with E-state index < -0.39 is 0 Å². The molecule has 1 aliphatic carbocycles. The second kappa shape index (κ2) is 5.30. The monoisotopic (exact) mass is 258 g/mol. The van der Waals surface area contributed by atoms with Crippen molar-refractivity contribution in [3.05, 3.63) is 24.5 Å². The summed E-state index contributed by atoms with van der Waals surface area (Å²) in [6.07, 6.45) is 9.38. The number of carbonyl (C=O) groups is 1. The van der Waals surface area contributed by atoms with Crippen molar-refractivity contribution in [3.8, 4) is 0 Å². The van der Waals surface area contributed by atoms with Crippen LogP contribution in [0.25, 0.3) is 11.0 Å². The molecule has 0 aliphatic heterocycles. The fourth-order valence-electron chi connectivity index (χ4n) is 2.65. The van der Waals surface area contributed by atoms with Crippen molar-refractivity contribution < 1.29 is 4.79 Å². The average molecular weight is 258 g/mol. The van der Waals surface area contributed by atoms with Crippen molar-refractivity contribution in [2.24, 2.45) is 0 Å². The first-order valence-corrected chi connectivity index (χ1v) is 6.82. The Hall–Kier alpha value is -2.04. The van der Waals surface area contributed by atoms with Crippen LogP contribution in [0.1, 0.15) is 32.1 Å². The Balaban J connectivity index is 1.65. The van der Waals surface area contributed by atoms with Gasteiger partial charge < -0.3 is 15.6 Å². The Bertz CT molecular complexity index is 572. The van der Waals surface area contributed by atoms with Gasteiger partial charge in [0.15, 0.2) is 0 Å². The Kier molecular flexibility index (Phi) is 3.35. The van der Waals surface area contributed by atoms with Crippen LogP contribution in [0.5, 0.6) is 0 Å². The molecule has 3 rings (SSSR count). The van der Waals surface area contributed by atoms with E-state index in [-0.39, 0.29) is 6.03 Å². The van der Waals surface area contributed by atoms with Gasteiger partial charge in [-0.25, -0.2) is 9.78 Å². The molecule has 1 aliphatic rings. The lowest BCUT2D eigenvalue weighted by Crippen LogP contribution is -2.38. The van der Waals surface area contributed by atoms with Crippen LogP contribution in [0.4, 0.5) is 10.5 Å². The van der Waals surface area contributed by atoms with Crippen molar-refractivity contribution >= 4 is 22.8 Å². The number of aromatic amines is 1. The van der Waals surface area contributed by atoms with E-state index >= 15 is 0 Å². The Morgan fingerprint density at radius 1 is 1.32 bits per heavy atom. The summed E-state index contributed by atoms with van der Waals surface area (Å²) in [5.74, 6) is 0. The second-order valence-corrected chi connectivity index (χ2v) is 5.04. The van der Waals surface area contributed by atoms with Crippen LogP contribution in [0.2, 0.25) is 0 Å². The van der Waals surface area contributed by atoms with E-state index in [0.29, 0.717) is 6.04 Å². The number of hydrogen-bond donors (Lipinski definition) is 3. The van der Waals surface area contributed by atoms with Crippen LogP contribution < -0.4 is 10.6 Å². The number of nitrogens with zero attached hydrogens (tertiary/aromatic N) is 1. The molecular weight excluding hydrogens is 240 g/mol. The number of H-pyrrole nitrogens is 1. The van der Waals surface area contributed by atoms with Crippen molar-refractivity contribution in [1.29, 1.82) is 0 Å². The van der Waals surface area contributed by atoms with Gasteiger partial charge in [-0.2, -0.15) is 0 Å². The lowest BCUT2D eigenvalue weighted by Gasteiger charge is -2.22. The molecule has 0 unspecified atom stereocenters. The van der Waals surface area contributed by atoms with Gasteiger partial charge in [0.1, 0.15) is 5.65 Å². The minimum absolute atomic E-state index is 0.128. The number of nitrogens with one attached hydrogen (secondary N) is 3. The molecule has 5 heteroatoms. The molecule has 5 nitrogen and oxygen atoms in total. The molecule has 1 fully saturated rings. The first kappa shape index (κ1) is 12.0. The zero-order valence-electron chi connectivity index (χ0n) is 10.8. The number of fused-ring (bicyclic) bond motifs is 1. The molecule has 2 amide bonds. The molecule has 0 radical (unpaired) electrons. The summed E-state index contributed by atoms with van der Waals surface area (Å²) in [7, 11) is 0. The van der Waals surface area contributed by atoms with Crippen molar-refractivity contribution in [3.63, 3.8) is 0 Å². The average Bonchev–Trinajstić information content (AvgIpc) is 2.83. The topological polar surface area (TPSA) is 69.8 Å². The summed E-state index contributed by atoms with van der Waals surface area (Å²) >= 11 is 0. The number of urea groups is 1. The standard InChI is InChI=1S/C14H18N4O/c19-14(17-10-5-2-1-3-6-10)18-12-9-16-13-11(12)7-4-8-15-13/h4,7-10H,1-3,5-6H2,(H,15,16)(H2,17,18,19). The molecule has 100 valence electrons. The maximum atomic E-state index is 12.0. The summed E-state index contributed by atoms with van der Waals surface area (Å²) in [5.41, 5.74) is 1.56. The van der Waals surface area contributed by atoms with Gasteiger partial charge in [-0.1, -0.05) is 19.3 Å². The van der Waals surface area contributed by atoms with E-state index in [0.717, 1.165) is 29.6 Å². The third-order valence-corrected chi connectivity index (χ3v) is 3.64. The highest BCUT2D eigenvalue weighted by Gasteiger charge is 2.16. The van der Waals surface area contributed by atoms with Crippen LogP contribution in [0.3, 0.4) is 0 Å². The highest BCUT2D eigenvalue weighted by molar-refractivity contribution is 5.99. The predicted octanol–water partition coefficient (Wildman–Crippen LogP) is 3.02. The van der Waals surface area contributed by atoms with Gasteiger partial charge in [-0.05, 0) is 25.0 Å². The first-order chi connectivity index (χ1) is 9.33. The molecule has 0 spiro atoms. The van der Waals surface area contributed by atoms with Crippen LogP contribution in [0, 0.1) is 0 Å². The molecule has 2 aromatic heterocycles. The maximum Gasteiger partial charge on any atom is 0.319 e. The van der Waals surface area contributed by atoms with Crippen LogP contribution in [0.15, 0.2) is 24.5 Å². The lowest BCUT2D eigenvalue weighted by atomic mass is 9.96. The SMILES string of the molecule is O=C(Nc1c[nH]c2ncccc12)NC1CCCCC1. The minimum atomic E-state index is -0.128. The number of aromatic nitrogens is 2. The van der Waals surface area contributed by atoms with Crippen molar-refractivity contribution in [2.45, 2.75) is 38.1 Å². The lowest BCUT2D eigenvalue weighted by molar-refractivity contribution is 0.244. The molecule has 0 aromatic carbocycles. The minimum Gasteiger partial charge on any atom is -0.344 e. The van der Waals surface area contributed by atoms with E-state index in [2.05, 4.69) is 20.6 Å². The number of rotatable bonds is 2. The summed E-state index contributed by atoms with van der Waals surface area (Å²) in [5, 5.41) is 6.86. The van der Waals surface area contributed by atoms with Gasteiger partial charge in [0.05, 0.1) is 5.69 Å². The number of amides is 2. The highest BCUT2D eigenvalue weighted by Crippen LogP contribution is 2.21. The number of carbonyl (C=O) groups excluding carboxylic acids is 1. The van der Waals surface area contributed by atoms with Crippen LogP contribution in [-0.4, -0.2) is 22.0 Å². The first-order valence-electron chi connectivity index (χ1n) is 6.82. The van der Waals surface area contributed by atoms with Gasteiger partial charge in [0, 0.05) is 23.8 Å². The number of anilines is 1. The predicted molar refractivity (Wildman–Crippen MR) is 75.1 cm³/mol. The zero-order valence-corrected chi connectivity index (χ0v) is 10.8. The third-order valence-electron chi connectivity index (χ3n) is 3.64. The largest absolute Gasteiger partial charge is 0.344 e. The fourth-order valence-corrected chi connectivity index (χ4v) is 2.65. The highest BCUT2D eigenvalue weighted by atomic mass is 16.2. The van der Waals surface area contributed by atoms with E-state index in [9.17, 15) is 4.79 Å². The van der Waals surface area contributed by atoms with Gasteiger partial charge in [0.25, 0.3) is 0 Å². The Labute approximate surface area is 111 Å². The van der Waals surface area contributed by atoms with Gasteiger partial charge >= 0.3 is 6.03 Å². The molecule has 0 bridgehead atoms. The molecule has 2 aromatic rings. The summed E-state index contributed by atoms with van der Waals surface area (Å²) in [6.45, 7) is 0. The Morgan fingerprint density at radius 2 is 2.16 bits per heavy atom. The molecular formula is C14H18N4O. The molecule has 3 N–H and O–H groups in total. The van der Waals surface area contributed by atoms with E-state index in [1.807, 2.05) is 12.1 Å². The molecule has 2 heterocycles. The normalized spacial score (nSPS) is 16.4. The number of pyridine rings is 1. The van der Waals surface area contributed by atoms with Crippen molar-refractivity contribution in [2.75, 3.05) is 5.32 Å². The molecule has 1 saturated carbocycles. The van der Waals surface area contributed by atoms with Crippen LogP contribution >= 0.6 is 0 Å². The van der Waals surface area contributed by atoms with Crippen LogP contribution in [-0.2, 0) is 0 Å². The van der Waals surface area contributed by atoms with E-state index in [1.54, 1.807) is 12.4 Å². The van der Waals surface area contributed by atoms with E-state index in [4.69, 9.17) is 0 Å². The quantitative estimate of drug-likeness (QED) is 0.775. The molecule has 0 atom stereocenters. The summed E-state index contributed by atoms with van der Waals surface area (Å²) in [6, 6.07) is 3.99. The van der Waals surface area contributed by atoms with E-state index in [1.165, 1.54) is 19.3 Å². The van der Waals surface area contributed by atoms with Gasteiger partial charge in [-0.3, -0.25) is 0 Å². The summed E-state index contributed by atoms with van der Waals surface area (Å²) < 4.78 is 0. The third kappa shape index (κ3) is 2.70. The van der Waals surface area contributed by atoms with Gasteiger partial charge in [0.2, 0.25) is 0 Å². The zero-order chi connectivity index (χ0) is 13.1. The Morgan fingerprint density at radius 3 is 3.00 bits per heavy atom. The smallest absolute Gasteiger partial charge is 0.319 e. The van der Waals surface area contributed by atoms with Gasteiger partial charge in [-0.15, -0.1) is 0 Å². The second-order valence-electron chi connectivity index (χ2n) is 5.04.